The molecule has 1 aliphatic carbocycles. The van der Waals surface area contributed by atoms with Crippen molar-refractivity contribution >= 4 is 16.5 Å². The molecule has 1 fully saturated rings. The molecular weight excluding hydrogens is 314 g/mol. The van der Waals surface area contributed by atoms with Gasteiger partial charge >= 0.3 is 0 Å². The highest BCUT2D eigenvalue weighted by Gasteiger charge is 2.19. The van der Waals surface area contributed by atoms with Crippen molar-refractivity contribution in [3.05, 3.63) is 48.8 Å². The molecule has 1 aliphatic rings. The molecule has 3 aromatic rings. The Bertz CT molecular complexity index is 870. The van der Waals surface area contributed by atoms with Crippen molar-refractivity contribution in [1.82, 2.24) is 9.97 Å². The van der Waals surface area contributed by atoms with E-state index >= 15 is 0 Å². The molecule has 0 bridgehead atoms. The lowest BCUT2D eigenvalue weighted by Gasteiger charge is -2.23. The van der Waals surface area contributed by atoms with Gasteiger partial charge in [0.15, 0.2) is 5.69 Å². The van der Waals surface area contributed by atoms with Gasteiger partial charge < -0.3 is 15.2 Å². The summed E-state index contributed by atoms with van der Waals surface area (Å²) in [5.74, 6) is 1.46. The maximum Gasteiger partial charge on any atom is 0.249 e. The summed E-state index contributed by atoms with van der Waals surface area (Å²) in [5.41, 5.74) is 6.57. The van der Waals surface area contributed by atoms with Gasteiger partial charge in [-0.15, -0.1) is 0 Å². The second-order valence-electron chi connectivity index (χ2n) is 6.35. The van der Waals surface area contributed by atoms with Gasteiger partial charge in [-0.3, -0.25) is 0 Å². The molecule has 0 unspecified atom stereocenters. The van der Waals surface area contributed by atoms with Gasteiger partial charge in [0, 0.05) is 5.39 Å². The maximum atomic E-state index is 6.22. The number of aromatic nitrogens is 2. The molecular formula is C20H21N3O2. The molecule has 0 radical (unpaired) electrons. The van der Waals surface area contributed by atoms with E-state index in [1.54, 1.807) is 0 Å². The van der Waals surface area contributed by atoms with Gasteiger partial charge in [-0.1, -0.05) is 42.8 Å². The highest BCUT2D eigenvalue weighted by Crippen LogP contribution is 2.35. The second kappa shape index (κ2) is 6.97. The highest BCUT2D eigenvalue weighted by atomic mass is 16.5. The van der Waals surface area contributed by atoms with Gasteiger partial charge in [-0.25, -0.2) is 0 Å². The van der Waals surface area contributed by atoms with E-state index < -0.39 is 0 Å². The number of rotatable bonds is 4. The predicted molar refractivity (Wildman–Crippen MR) is 98.0 cm³/mol. The maximum absolute atomic E-state index is 6.22. The van der Waals surface area contributed by atoms with Crippen LogP contribution in [0.4, 0.5) is 5.69 Å². The lowest BCUT2D eigenvalue weighted by atomic mass is 9.98. The Morgan fingerprint density at radius 3 is 2.52 bits per heavy atom. The van der Waals surface area contributed by atoms with Crippen molar-refractivity contribution in [2.24, 2.45) is 0 Å². The Labute approximate surface area is 146 Å². The molecule has 1 saturated carbocycles. The Morgan fingerprint density at radius 1 is 0.880 bits per heavy atom. The number of benzene rings is 2. The summed E-state index contributed by atoms with van der Waals surface area (Å²) in [6.45, 7) is 0. The topological polar surface area (TPSA) is 70.3 Å². The highest BCUT2D eigenvalue weighted by molar-refractivity contribution is 5.88. The van der Waals surface area contributed by atoms with Gasteiger partial charge in [-0.05, 0) is 37.1 Å². The van der Waals surface area contributed by atoms with Crippen LogP contribution in [-0.2, 0) is 0 Å². The third kappa shape index (κ3) is 3.36. The summed E-state index contributed by atoms with van der Waals surface area (Å²) in [6, 6.07) is 13.9. The van der Waals surface area contributed by atoms with Crippen molar-refractivity contribution in [3.63, 3.8) is 0 Å². The van der Waals surface area contributed by atoms with Crippen molar-refractivity contribution < 1.29 is 9.47 Å². The number of ether oxygens (including phenoxy) is 2. The third-order valence-corrected chi connectivity index (χ3v) is 4.60. The molecule has 5 heteroatoms. The zero-order valence-corrected chi connectivity index (χ0v) is 14.0. The largest absolute Gasteiger partial charge is 0.473 e. The first-order chi connectivity index (χ1) is 12.3. The van der Waals surface area contributed by atoms with Crippen LogP contribution in [0.15, 0.2) is 48.8 Å². The van der Waals surface area contributed by atoms with E-state index in [9.17, 15) is 0 Å². The molecule has 1 heterocycles. The standard InChI is InChI=1S/C20H21N3O2/c21-18-19(24-15-9-2-1-3-10-15)22-13-23-20(18)25-17-12-6-8-14-7-4-5-11-16(14)17/h4-8,11-13,15H,1-3,9-10,21H2. The summed E-state index contributed by atoms with van der Waals surface area (Å²) in [7, 11) is 0. The van der Waals surface area contributed by atoms with Crippen LogP contribution in [0.25, 0.3) is 10.8 Å². The number of fused-ring (bicyclic) bond motifs is 1. The zero-order chi connectivity index (χ0) is 17.1. The van der Waals surface area contributed by atoms with Crippen LogP contribution in [0, 0.1) is 0 Å². The molecule has 25 heavy (non-hydrogen) atoms. The summed E-state index contributed by atoms with van der Waals surface area (Å²) in [6.07, 6.45) is 7.36. The fourth-order valence-electron chi connectivity index (χ4n) is 3.27. The van der Waals surface area contributed by atoms with Gasteiger partial charge in [-0.2, -0.15) is 9.97 Å². The van der Waals surface area contributed by atoms with Crippen molar-refractivity contribution in [3.8, 4) is 17.5 Å². The molecule has 5 nitrogen and oxygen atoms in total. The predicted octanol–water partition coefficient (Wildman–Crippen LogP) is 4.72. The molecule has 0 aliphatic heterocycles. The van der Waals surface area contributed by atoms with Crippen molar-refractivity contribution in [2.45, 2.75) is 38.2 Å². The fraction of sp³-hybridized carbons (Fsp3) is 0.300. The summed E-state index contributed by atoms with van der Waals surface area (Å²) in [5, 5.41) is 2.11. The van der Waals surface area contributed by atoms with Crippen molar-refractivity contribution in [2.75, 3.05) is 5.73 Å². The van der Waals surface area contributed by atoms with Gasteiger partial charge in [0.25, 0.3) is 0 Å². The number of nitrogens with zero attached hydrogens (tertiary/aromatic N) is 2. The fourth-order valence-corrected chi connectivity index (χ4v) is 3.27. The zero-order valence-electron chi connectivity index (χ0n) is 14.0. The molecule has 0 amide bonds. The molecule has 128 valence electrons. The van der Waals surface area contributed by atoms with Crippen LogP contribution < -0.4 is 15.2 Å². The van der Waals surface area contributed by atoms with Crippen molar-refractivity contribution in [1.29, 1.82) is 0 Å². The molecule has 0 saturated heterocycles. The molecule has 2 N–H and O–H groups in total. The summed E-state index contributed by atoms with van der Waals surface area (Å²) in [4.78, 5) is 8.39. The number of hydrogen-bond acceptors (Lipinski definition) is 5. The lowest BCUT2D eigenvalue weighted by Crippen LogP contribution is -2.21. The second-order valence-corrected chi connectivity index (χ2v) is 6.35. The molecule has 4 rings (SSSR count). The first-order valence-electron chi connectivity index (χ1n) is 8.74. The van der Waals surface area contributed by atoms with E-state index in [1.807, 2.05) is 42.5 Å². The van der Waals surface area contributed by atoms with Crippen LogP contribution >= 0.6 is 0 Å². The van der Waals surface area contributed by atoms with Gasteiger partial charge in [0.2, 0.25) is 11.8 Å². The van der Waals surface area contributed by atoms with Crippen LogP contribution in [0.2, 0.25) is 0 Å². The monoisotopic (exact) mass is 335 g/mol. The lowest BCUT2D eigenvalue weighted by molar-refractivity contribution is 0.149. The van der Waals surface area contributed by atoms with Gasteiger partial charge in [0.1, 0.15) is 18.2 Å². The van der Waals surface area contributed by atoms with E-state index in [1.165, 1.54) is 25.6 Å². The SMILES string of the molecule is Nc1c(Oc2cccc3ccccc23)ncnc1OC1CCCCC1. The molecule has 2 aromatic carbocycles. The Balaban J connectivity index is 1.61. The van der Waals surface area contributed by atoms with E-state index in [0.717, 1.165) is 23.6 Å². The smallest absolute Gasteiger partial charge is 0.249 e. The Kier molecular flexibility index (Phi) is 4.37. The van der Waals surface area contributed by atoms with Gasteiger partial charge in [0.05, 0.1) is 0 Å². The minimum atomic E-state index is 0.177. The summed E-state index contributed by atoms with van der Waals surface area (Å²) >= 11 is 0. The average molecular weight is 335 g/mol. The quantitative estimate of drug-likeness (QED) is 0.747. The number of hydrogen-bond donors (Lipinski definition) is 1. The van der Waals surface area contributed by atoms with E-state index in [2.05, 4.69) is 9.97 Å². The van der Waals surface area contributed by atoms with Crippen LogP contribution in [0.5, 0.6) is 17.5 Å². The number of nitrogen functional groups attached to an aromatic ring is 1. The number of anilines is 1. The normalized spacial score (nSPS) is 15.2. The summed E-state index contributed by atoms with van der Waals surface area (Å²) < 4.78 is 12.0. The minimum Gasteiger partial charge on any atom is -0.473 e. The first kappa shape index (κ1) is 15.7. The Hall–Kier alpha value is -2.82. The minimum absolute atomic E-state index is 0.177. The molecule has 0 atom stereocenters. The van der Waals surface area contributed by atoms with E-state index in [0.29, 0.717) is 23.2 Å². The van der Waals surface area contributed by atoms with E-state index in [-0.39, 0.29) is 6.10 Å². The number of nitrogens with two attached hydrogens (primary N) is 1. The average Bonchev–Trinajstić information content (AvgIpc) is 2.66. The van der Waals surface area contributed by atoms with Crippen LogP contribution in [0.3, 0.4) is 0 Å². The Morgan fingerprint density at radius 2 is 1.64 bits per heavy atom. The first-order valence-corrected chi connectivity index (χ1v) is 8.74. The van der Waals surface area contributed by atoms with E-state index in [4.69, 9.17) is 15.2 Å². The molecule has 0 spiro atoms. The third-order valence-electron chi connectivity index (χ3n) is 4.60. The van der Waals surface area contributed by atoms with Crippen LogP contribution in [0.1, 0.15) is 32.1 Å². The molecule has 1 aromatic heterocycles. The van der Waals surface area contributed by atoms with Crippen LogP contribution in [-0.4, -0.2) is 16.1 Å².